The summed E-state index contributed by atoms with van der Waals surface area (Å²) in [6.45, 7) is 3.17. The monoisotopic (exact) mass is 408 g/mol. The molecule has 0 saturated heterocycles. The zero-order valence-corrected chi connectivity index (χ0v) is 17.3. The second-order valence-electron chi connectivity index (χ2n) is 6.66. The molecule has 7 heteroatoms. The lowest BCUT2D eigenvalue weighted by Gasteiger charge is -2.14. The van der Waals surface area contributed by atoms with Crippen LogP contribution < -0.4 is 20.1 Å². The number of ether oxygens (including phenoxy) is 2. The van der Waals surface area contributed by atoms with E-state index < -0.39 is 0 Å². The molecule has 0 bridgehead atoms. The lowest BCUT2D eigenvalue weighted by molar-refractivity contribution is 0.408. The molecular weight excluding hydrogens is 383 g/mol. The number of aromatic nitrogens is 1. The van der Waals surface area contributed by atoms with Gasteiger partial charge in [0.25, 0.3) is 0 Å². The van der Waals surface area contributed by atoms with E-state index in [4.69, 9.17) is 9.47 Å². The standard InChI is InChI=1S/C23H25FN4O2/c1-16-4-6-18(21(12-16)29-3)15-28-23(25-2)27-14-17-5-11-22(26-13-17)30-20-9-7-19(24)8-10-20/h4-13H,14-15H2,1-3H3,(H2,25,27,28). The third kappa shape index (κ3) is 5.94. The molecule has 3 rings (SSSR count). The van der Waals surface area contributed by atoms with Crippen molar-refractivity contribution in [1.29, 1.82) is 0 Å². The van der Waals surface area contributed by atoms with E-state index in [1.54, 1.807) is 38.6 Å². The minimum Gasteiger partial charge on any atom is -0.496 e. The highest BCUT2D eigenvalue weighted by Crippen LogP contribution is 2.20. The molecule has 0 aliphatic rings. The summed E-state index contributed by atoms with van der Waals surface area (Å²) in [4.78, 5) is 8.54. The van der Waals surface area contributed by atoms with Crippen LogP contribution in [0.5, 0.6) is 17.4 Å². The Bertz CT molecular complexity index is 989. The summed E-state index contributed by atoms with van der Waals surface area (Å²) in [5, 5.41) is 6.54. The van der Waals surface area contributed by atoms with Crippen LogP contribution >= 0.6 is 0 Å². The van der Waals surface area contributed by atoms with Crippen molar-refractivity contribution in [1.82, 2.24) is 15.6 Å². The maximum atomic E-state index is 13.0. The number of hydrogen-bond donors (Lipinski definition) is 2. The fourth-order valence-corrected chi connectivity index (χ4v) is 2.78. The largest absolute Gasteiger partial charge is 0.496 e. The summed E-state index contributed by atoms with van der Waals surface area (Å²) < 4.78 is 24.0. The molecule has 2 N–H and O–H groups in total. The van der Waals surface area contributed by atoms with Crippen molar-refractivity contribution < 1.29 is 13.9 Å². The molecule has 0 fully saturated rings. The van der Waals surface area contributed by atoms with Gasteiger partial charge < -0.3 is 20.1 Å². The molecule has 1 aromatic heterocycles. The summed E-state index contributed by atoms with van der Waals surface area (Å²) >= 11 is 0. The van der Waals surface area contributed by atoms with Crippen LogP contribution in [0.25, 0.3) is 0 Å². The number of methoxy groups -OCH3 is 1. The molecule has 30 heavy (non-hydrogen) atoms. The van der Waals surface area contributed by atoms with Crippen LogP contribution in [0.1, 0.15) is 16.7 Å². The molecule has 3 aromatic rings. The summed E-state index contributed by atoms with van der Waals surface area (Å²) in [6, 6.07) is 15.6. The fraction of sp³-hybridized carbons (Fsp3) is 0.217. The fourth-order valence-electron chi connectivity index (χ4n) is 2.78. The molecule has 0 atom stereocenters. The van der Waals surface area contributed by atoms with Gasteiger partial charge in [0.2, 0.25) is 5.88 Å². The van der Waals surface area contributed by atoms with Gasteiger partial charge in [0.1, 0.15) is 17.3 Å². The number of halogens is 1. The Morgan fingerprint density at radius 3 is 2.47 bits per heavy atom. The SMILES string of the molecule is CN=C(NCc1ccc(Oc2ccc(F)cc2)nc1)NCc1ccc(C)cc1OC. The predicted octanol–water partition coefficient (Wildman–Crippen LogP) is 4.20. The number of aryl methyl sites for hydroxylation is 1. The molecular formula is C23H25FN4O2. The highest BCUT2D eigenvalue weighted by molar-refractivity contribution is 5.79. The van der Waals surface area contributed by atoms with Crippen LogP contribution in [0.3, 0.4) is 0 Å². The predicted molar refractivity (Wildman–Crippen MR) is 115 cm³/mol. The summed E-state index contributed by atoms with van der Waals surface area (Å²) in [5.74, 6) is 2.19. The highest BCUT2D eigenvalue weighted by atomic mass is 19.1. The van der Waals surface area contributed by atoms with E-state index in [9.17, 15) is 4.39 Å². The number of benzene rings is 2. The lowest BCUT2D eigenvalue weighted by Crippen LogP contribution is -2.36. The molecule has 2 aromatic carbocycles. The van der Waals surface area contributed by atoms with Crippen LogP contribution in [0.4, 0.5) is 4.39 Å². The Morgan fingerprint density at radius 1 is 1.03 bits per heavy atom. The van der Waals surface area contributed by atoms with E-state index in [0.717, 1.165) is 22.4 Å². The number of pyridine rings is 1. The number of guanidine groups is 1. The second-order valence-corrected chi connectivity index (χ2v) is 6.66. The molecule has 0 amide bonds. The first-order valence-electron chi connectivity index (χ1n) is 9.54. The normalized spacial score (nSPS) is 11.1. The molecule has 6 nitrogen and oxygen atoms in total. The van der Waals surface area contributed by atoms with Crippen LogP contribution in [-0.2, 0) is 13.1 Å². The molecule has 0 saturated carbocycles. The van der Waals surface area contributed by atoms with Gasteiger partial charge in [-0.2, -0.15) is 0 Å². The molecule has 0 radical (unpaired) electrons. The quantitative estimate of drug-likeness (QED) is 0.453. The Labute approximate surface area is 175 Å². The average Bonchev–Trinajstić information content (AvgIpc) is 2.77. The third-order valence-electron chi connectivity index (χ3n) is 4.41. The zero-order chi connectivity index (χ0) is 21.3. The number of rotatable bonds is 7. The van der Waals surface area contributed by atoms with Gasteiger partial charge in [-0.05, 0) is 48.4 Å². The topological polar surface area (TPSA) is 67.8 Å². The van der Waals surface area contributed by atoms with Gasteiger partial charge in [-0.1, -0.05) is 18.2 Å². The van der Waals surface area contributed by atoms with Gasteiger partial charge in [0, 0.05) is 38.0 Å². The second kappa shape index (κ2) is 10.2. The van der Waals surface area contributed by atoms with Crippen LogP contribution in [0.2, 0.25) is 0 Å². The number of hydrogen-bond acceptors (Lipinski definition) is 4. The molecule has 0 aliphatic heterocycles. The first kappa shape index (κ1) is 21.1. The van der Waals surface area contributed by atoms with E-state index in [-0.39, 0.29) is 5.82 Å². The number of nitrogens with zero attached hydrogens (tertiary/aromatic N) is 2. The molecule has 1 heterocycles. The number of nitrogens with one attached hydrogen (secondary N) is 2. The van der Waals surface area contributed by atoms with Gasteiger partial charge in [-0.3, -0.25) is 4.99 Å². The summed E-state index contributed by atoms with van der Waals surface area (Å²) in [6.07, 6.45) is 1.72. The highest BCUT2D eigenvalue weighted by Gasteiger charge is 2.05. The summed E-state index contributed by atoms with van der Waals surface area (Å²) in [7, 11) is 3.39. The van der Waals surface area contributed by atoms with Crippen LogP contribution in [0, 0.1) is 12.7 Å². The Balaban J connectivity index is 1.51. The van der Waals surface area contributed by atoms with Crippen molar-refractivity contribution in [2.75, 3.05) is 14.2 Å². The van der Waals surface area contributed by atoms with Crippen molar-refractivity contribution in [3.63, 3.8) is 0 Å². The molecule has 0 spiro atoms. The maximum Gasteiger partial charge on any atom is 0.219 e. The minimum atomic E-state index is -0.306. The maximum absolute atomic E-state index is 13.0. The summed E-state index contributed by atoms with van der Waals surface area (Å²) in [5.41, 5.74) is 3.17. The number of aliphatic imine (C=N–C) groups is 1. The van der Waals surface area contributed by atoms with Crippen molar-refractivity contribution in [3.05, 3.63) is 83.3 Å². The molecule has 156 valence electrons. The van der Waals surface area contributed by atoms with Gasteiger partial charge in [-0.15, -0.1) is 0 Å². The Kier molecular flexibility index (Phi) is 7.21. The smallest absolute Gasteiger partial charge is 0.219 e. The van der Waals surface area contributed by atoms with Crippen molar-refractivity contribution >= 4 is 5.96 Å². The Hall–Kier alpha value is -3.61. The zero-order valence-electron chi connectivity index (χ0n) is 17.3. The van der Waals surface area contributed by atoms with Gasteiger partial charge >= 0.3 is 0 Å². The van der Waals surface area contributed by atoms with Crippen molar-refractivity contribution in [2.45, 2.75) is 20.0 Å². The van der Waals surface area contributed by atoms with E-state index in [0.29, 0.717) is 30.7 Å². The van der Waals surface area contributed by atoms with Gasteiger partial charge in [0.05, 0.1) is 7.11 Å². The van der Waals surface area contributed by atoms with Gasteiger partial charge in [-0.25, -0.2) is 9.37 Å². The van der Waals surface area contributed by atoms with Gasteiger partial charge in [0.15, 0.2) is 5.96 Å². The van der Waals surface area contributed by atoms with Crippen molar-refractivity contribution in [3.8, 4) is 17.4 Å². The van der Waals surface area contributed by atoms with E-state index in [1.807, 2.05) is 25.1 Å². The minimum absolute atomic E-state index is 0.306. The van der Waals surface area contributed by atoms with Crippen LogP contribution in [0.15, 0.2) is 65.8 Å². The van der Waals surface area contributed by atoms with Crippen LogP contribution in [-0.4, -0.2) is 25.1 Å². The first-order chi connectivity index (χ1) is 14.6. The molecule has 0 aliphatic carbocycles. The van der Waals surface area contributed by atoms with Crippen molar-refractivity contribution in [2.24, 2.45) is 4.99 Å². The first-order valence-corrected chi connectivity index (χ1v) is 9.54. The Morgan fingerprint density at radius 2 is 1.80 bits per heavy atom. The van der Waals surface area contributed by atoms with E-state index >= 15 is 0 Å². The third-order valence-corrected chi connectivity index (χ3v) is 4.41. The van der Waals surface area contributed by atoms with E-state index in [1.165, 1.54) is 12.1 Å². The van der Waals surface area contributed by atoms with E-state index in [2.05, 4.69) is 26.7 Å². The lowest BCUT2D eigenvalue weighted by atomic mass is 10.1. The average molecular weight is 408 g/mol. The molecule has 0 unspecified atom stereocenters.